The van der Waals surface area contributed by atoms with Gasteiger partial charge in [-0.1, -0.05) is 43.7 Å². The minimum atomic E-state index is -0.446. The van der Waals surface area contributed by atoms with Crippen molar-refractivity contribution in [3.8, 4) is 0 Å². The zero-order chi connectivity index (χ0) is 16.2. The predicted molar refractivity (Wildman–Crippen MR) is 102 cm³/mol. The average molecular weight is 366 g/mol. The molecule has 0 radical (unpaired) electrons. The molecular weight excluding hydrogens is 342 g/mol. The van der Waals surface area contributed by atoms with Crippen molar-refractivity contribution in [2.45, 2.75) is 51.0 Å². The summed E-state index contributed by atoms with van der Waals surface area (Å²) in [6, 6.07) is 10.2. The minimum Gasteiger partial charge on any atom is -0.320 e. The molecule has 130 valence electrons. The monoisotopic (exact) mass is 365 g/mol. The van der Waals surface area contributed by atoms with Crippen molar-refractivity contribution in [1.82, 2.24) is 4.98 Å². The van der Waals surface area contributed by atoms with E-state index in [0.717, 1.165) is 31.4 Å². The van der Waals surface area contributed by atoms with E-state index in [-0.39, 0.29) is 18.3 Å². The van der Waals surface area contributed by atoms with Gasteiger partial charge >= 0.3 is 0 Å². The lowest BCUT2D eigenvalue weighted by molar-refractivity contribution is -0.117. The fraction of sp³-hybridized carbons (Fsp3) is 0.444. The second kappa shape index (κ2) is 8.60. The molecule has 0 saturated heterocycles. The van der Waals surface area contributed by atoms with Gasteiger partial charge in [0.1, 0.15) is 0 Å². The second-order valence-electron chi connectivity index (χ2n) is 6.12. The molecule has 2 aromatic rings. The van der Waals surface area contributed by atoms with Gasteiger partial charge in [0.05, 0.1) is 11.7 Å². The molecule has 1 aliphatic carbocycles. The molecule has 3 N–H and O–H groups in total. The van der Waals surface area contributed by atoms with Crippen LogP contribution in [0.4, 0.5) is 5.13 Å². The van der Waals surface area contributed by atoms with Crippen LogP contribution in [0.1, 0.15) is 48.2 Å². The van der Waals surface area contributed by atoms with Crippen LogP contribution in [-0.4, -0.2) is 16.9 Å². The van der Waals surface area contributed by atoms with Crippen molar-refractivity contribution in [3.63, 3.8) is 0 Å². The number of nitrogens with one attached hydrogen (secondary N) is 1. The molecule has 0 fully saturated rings. The van der Waals surface area contributed by atoms with Crippen LogP contribution in [0.15, 0.2) is 30.3 Å². The number of thiazole rings is 1. The molecule has 1 aromatic carbocycles. The molecule has 24 heavy (non-hydrogen) atoms. The molecule has 0 spiro atoms. The highest BCUT2D eigenvalue weighted by Gasteiger charge is 2.24. The third kappa shape index (κ3) is 4.35. The standard InChI is InChI=1S/C18H23N3OS.ClH/c1-2-6-14(19)17(22)21-18-20-15-10-9-13(11-16(15)23-18)12-7-4-3-5-8-12;/h3-5,7-8,13-14H,2,6,9-11,19H2,1H3,(H,20,21,22);1H. The van der Waals surface area contributed by atoms with E-state index in [1.54, 1.807) is 11.3 Å². The Morgan fingerprint density at radius 3 is 2.88 bits per heavy atom. The van der Waals surface area contributed by atoms with E-state index in [4.69, 9.17) is 5.73 Å². The summed E-state index contributed by atoms with van der Waals surface area (Å²) >= 11 is 1.60. The van der Waals surface area contributed by atoms with Gasteiger partial charge in [-0.15, -0.1) is 23.7 Å². The summed E-state index contributed by atoms with van der Waals surface area (Å²) in [5.74, 6) is 0.424. The molecule has 1 aromatic heterocycles. The van der Waals surface area contributed by atoms with E-state index in [1.165, 1.54) is 10.4 Å². The average Bonchev–Trinajstić information content (AvgIpc) is 2.97. The fourth-order valence-electron chi connectivity index (χ4n) is 3.08. The summed E-state index contributed by atoms with van der Waals surface area (Å²) in [6.45, 7) is 2.03. The lowest BCUT2D eigenvalue weighted by Gasteiger charge is -2.21. The smallest absolute Gasteiger partial charge is 0.243 e. The number of aromatic nitrogens is 1. The maximum absolute atomic E-state index is 12.0. The normalized spacial score (nSPS) is 17.5. The lowest BCUT2D eigenvalue weighted by atomic mass is 9.85. The van der Waals surface area contributed by atoms with E-state index < -0.39 is 6.04 Å². The number of hydrogen-bond donors (Lipinski definition) is 2. The van der Waals surface area contributed by atoms with Gasteiger partial charge < -0.3 is 11.1 Å². The van der Waals surface area contributed by atoms with Gasteiger partial charge in [-0.2, -0.15) is 0 Å². The van der Waals surface area contributed by atoms with Gasteiger partial charge in [-0.05, 0) is 37.2 Å². The summed E-state index contributed by atoms with van der Waals surface area (Å²) in [7, 11) is 0. The highest BCUT2D eigenvalue weighted by atomic mass is 35.5. The molecule has 2 unspecified atom stereocenters. The van der Waals surface area contributed by atoms with Crippen molar-refractivity contribution >= 4 is 34.8 Å². The van der Waals surface area contributed by atoms with Crippen molar-refractivity contribution in [1.29, 1.82) is 0 Å². The third-order valence-corrected chi connectivity index (χ3v) is 5.41. The molecule has 1 heterocycles. The third-order valence-electron chi connectivity index (χ3n) is 4.38. The first-order chi connectivity index (χ1) is 11.2. The Morgan fingerprint density at radius 2 is 2.17 bits per heavy atom. The second-order valence-corrected chi connectivity index (χ2v) is 7.21. The lowest BCUT2D eigenvalue weighted by Crippen LogP contribution is -2.35. The Morgan fingerprint density at radius 1 is 1.42 bits per heavy atom. The number of carbonyl (C=O) groups excluding carboxylic acids is 1. The number of carbonyl (C=O) groups is 1. The molecule has 1 aliphatic rings. The Labute approximate surface area is 153 Å². The van der Waals surface area contributed by atoms with Crippen LogP contribution in [0.2, 0.25) is 0 Å². The number of nitrogens with zero attached hydrogens (tertiary/aromatic N) is 1. The van der Waals surface area contributed by atoms with E-state index in [9.17, 15) is 4.79 Å². The summed E-state index contributed by atoms with van der Waals surface area (Å²) in [4.78, 5) is 17.9. The van der Waals surface area contributed by atoms with Crippen LogP contribution in [0.5, 0.6) is 0 Å². The zero-order valence-corrected chi connectivity index (χ0v) is 15.5. The van der Waals surface area contributed by atoms with Gasteiger partial charge in [0.15, 0.2) is 5.13 Å². The topological polar surface area (TPSA) is 68.0 Å². The largest absolute Gasteiger partial charge is 0.320 e. The first kappa shape index (κ1) is 18.9. The molecule has 4 nitrogen and oxygen atoms in total. The van der Waals surface area contributed by atoms with Gasteiger partial charge in [0.2, 0.25) is 5.91 Å². The number of halogens is 1. The van der Waals surface area contributed by atoms with Crippen molar-refractivity contribution in [3.05, 3.63) is 46.5 Å². The van der Waals surface area contributed by atoms with E-state index >= 15 is 0 Å². The maximum atomic E-state index is 12.0. The predicted octanol–water partition coefficient (Wildman–Crippen LogP) is 3.90. The summed E-state index contributed by atoms with van der Waals surface area (Å²) in [5.41, 5.74) is 8.39. The molecule has 1 amide bonds. The maximum Gasteiger partial charge on any atom is 0.243 e. The number of rotatable bonds is 5. The van der Waals surface area contributed by atoms with Crippen LogP contribution >= 0.6 is 23.7 Å². The van der Waals surface area contributed by atoms with Crippen LogP contribution in [0, 0.1) is 0 Å². The van der Waals surface area contributed by atoms with Crippen LogP contribution in [0.3, 0.4) is 0 Å². The van der Waals surface area contributed by atoms with Crippen LogP contribution < -0.4 is 11.1 Å². The SMILES string of the molecule is CCCC(N)C(=O)Nc1nc2c(s1)CC(c1ccccc1)CC2.Cl. The van der Waals surface area contributed by atoms with E-state index in [0.29, 0.717) is 17.5 Å². The zero-order valence-electron chi connectivity index (χ0n) is 13.8. The Kier molecular flexibility index (Phi) is 6.78. The van der Waals surface area contributed by atoms with Gasteiger partial charge in [-0.3, -0.25) is 4.79 Å². The Balaban J connectivity index is 0.00000208. The number of fused-ring (bicyclic) bond motifs is 1. The van der Waals surface area contributed by atoms with Crippen molar-refractivity contribution in [2.24, 2.45) is 5.73 Å². The summed E-state index contributed by atoms with van der Waals surface area (Å²) in [5, 5.41) is 3.58. The van der Waals surface area contributed by atoms with Crippen molar-refractivity contribution in [2.75, 3.05) is 5.32 Å². The first-order valence-electron chi connectivity index (χ1n) is 8.27. The molecule has 2 atom stereocenters. The minimum absolute atomic E-state index is 0. The summed E-state index contributed by atoms with van der Waals surface area (Å²) in [6.07, 6.45) is 4.70. The number of hydrogen-bond acceptors (Lipinski definition) is 4. The highest BCUT2D eigenvalue weighted by Crippen LogP contribution is 2.36. The quantitative estimate of drug-likeness (QED) is 0.844. The number of anilines is 1. The number of nitrogens with two attached hydrogens (primary N) is 1. The molecule has 6 heteroatoms. The molecular formula is C18H24ClN3OS. The molecule has 0 bridgehead atoms. The molecule has 0 saturated carbocycles. The van der Waals surface area contributed by atoms with Crippen LogP contribution in [-0.2, 0) is 17.6 Å². The van der Waals surface area contributed by atoms with Crippen molar-refractivity contribution < 1.29 is 4.79 Å². The fourth-order valence-corrected chi connectivity index (χ4v) is 4.17. The molecule has 0 aliphatic heterocycles. The van der Waals surface area contributed by atoms with Crippen LogP contribution in [0.25, 0.3) is 0 Å². The summed E-state index contributed by atoms with van der Waals surface area (Å²) < 4.78 is 0. The Hall–Kier alpha value is -1.43. The molecule has 3 rings (SSSR count). The first-order valence-corrected chi connectivity index (χ1v) is 9.09. The number of benzene rings is 1. The van der Waals surface area contributed by atoms with Gasteiger partial charge in [0.25, 0.3) is 0 Å². The highest BCUT2D eigenvalue weighted by molar-refractivity contribution is 7.15. The van der Waals surface area contributed by atoms with E-state index in [1.807, 2.05) is 6.92 Å². The number of amides is 1. The Bertz CT molecular complexity index is 674. The number of aryl methyl sites for hydroxylation is 1. The van der Waals surface area contributed by atoms with Gasteiger partial charge in [-0.25, -0.2) is 4.98 Å². The van der Waals surface area contributed by atoms with E-state index in [2.05, 4.69) is 40.6 Å². The van der Waals surface area contributed by atoms with Gasteiger partial charge in [0, 0.05) is 4.88 Å².